The molecular weight excluding hydrogens is 300 g/mol. The summed E-state index contributed by atoms with van der Waals surface area (Å²) >= 11 is 0. The fourth-order valence-corrected chi connectivity index (χ4v) is 3.00. The molecule has 0 spiro atoms. The number of hydrogen-bond acceptors (Lipinski definition) is 4. The lowest BCUT2D eigenvalue weighted by atomic mass is 10.1. The van der Waals surface area contributed by atoms with Crippen LogP contribution >= 0.6 is 0 Å². The van der Waals surface area contributed by atoms with E-state index in [-0.39, 0.29) is 6.10 Å². The summed E-state index contributed by atoms with van der Waals surface area (Å²) in [5.74, 6) is 8.41. The van der Waals surface area contributed by atoms with Crippen LogP contribution in [0.5, 0.6) is 0 Å². The van der Waals surface area contributed by atoms with E-state index in [1.165, 1.54) is 19.3 Å². The van der Waals surface area contributed by atoms with Gasteiger partial charge in [0.1, 0.15) is 0 Å². The van der Waals surface area contributed by atoms with Crippen LogP contribution < -0.4 is 0 Å². The number of ether oxygens (including phenoxy) is 1. The number of rotatable bonds is 3. The van der Waals surface area contributed by atoms with Gasteiger partial charge in [-0.3, -0.25) is 0 Å². The maximum absolute atomic E-state index is 5.86. The van der Waals surface area contributed by atoms with Crippen LogP contribution in [0.3, 0.4) is 0 Å². The predicted molar refractivity (Wildman–Crippen MR) is 91.4 cm³/mol. The SMILES string of the molecule is Cc1cc(C#CC2CC2)ccc1-c1nnc(CC2CCCCO2)o1. The van der Waals surface area contributed by atoms with Crippen LogP contribution in [0.4, 0.5) is 0 Å². The number of benzene rings is 1. The second-order valence-electron chi connectivity index (χ2n) is 6.77. The molecule has 4 rings (SSSR count). The van der Waals surface area contributed by atoms with E-state index in [4.69, 9.17) is 9.15 Å². The molecule has 2 fully saturated rings. The summed E-state index contributed by atoms with van der Waals surface area (Å²) in [6.07, 6.45) is 6.86. The summed E-state index contributed by atoms with van der Waals surface area (Å²) in [5, 5.41) is 8.41. The lowest BCUT2D eigenvalue weighted by Gasteiger charge is -2.20. The molecule has 2 aromatic rings. The molecule has 1 aliphatic heterocycles. The molecule has 4 heteroatoms. The van der Waals surface area contributed by atoms with Gasteiger partial charge in [-0.15, -0.1) is 10.2 Å². The molecule has 1 saturated heterocycles. The van der Waals surface area contributed by atoms with Crippen molar-refractivity contribution in [2.75, 3.05) is 6.61 Å². The summed E-state index contributed by atoms with van der Waals surface area (Å²) in [4.78, 5) is 0. The molecule has 2 aliphatic rings. The molecule has 24 heavy (non-hydrogen) atoms. The molecule has 1 aromatic carbocycles. The third-order valence-electron chi connectivity index (χ3n) is 4.60. The second-order valence-corrected chi connectivity index (χ2v) is 6.77. The number of hydrogen-bond donors (Lipinski definition) is 0. The summed E-state index contributed by atoms with van der Waals surface area (Å²) in [6, 6.07) is 6.16. The van der Waals surface area contributed by atoms with E-state index in [0.29, 0.717) is 24.1 Å². The third kappa shape index (κ3) is 3.68. The number of nitrogens with zero attached hydrogens (tertiary/aromatic N) is 2. The van der Waals surface area contributed by atoms with E-state index in [2.05, 4.69) is 35.0 Å². The molecule has 1 atom stereocenters. The Bertz CT molecular complexity index is 774. The predicted octanol–water partition coefficient (Wildman–Crippen LogP) is 3.92. The first-order valence-corrected chi connectivity index (χ1v) is 8.84. The highest BCUT2D eigenvalue weighted by Gasteiger charge is 2.19. The van der Waals surface area contributed by atoms with Gasteiger partial charge in [0, 0.05) is 23.7 Å². The Balaban J connectivity index is 1.48. The molecule has 124 valence electrons. The van der Waals surface area contributed by atoms with Gasteiger partial charge in [-0.05, 0) is 62.8 Å². The summed E-state index contributed by atoms with van der Waals surface area (Å²) < 4.78 is 11.6. The van der Waals surface area contributed by atoms with E-state index >= 15 is 0 Å². The molecule has 0 radical (unpaired) electrons. The Morgan fingerprint density at radius 2 is 2.08 bits per heavy atom. The second kappa shape index (κ2) is 6.78. The zero-order valence-electron chi connectivity index (χ0n) is 14.0. The smallest absolute Gasteiger partial charge is 0.248 e. The first kappa shape index (κ1) is 15.4. The van der Waals surface area contributed by atoms with Gasteiger partial charge in [0.15, 0.2) is 0 Å². The van der Waals surface area contributed by atoms with Gasteiger partial charge in [0.25, 0.3) is 0 Å². The average molecular weight is 322 g/mol. The molecule has 0 N–H and O–H groups in total. The minimum Gasteiger partial charge on any atom is -0.421 e. The van der Waals surface area contributed by atoms with Gasteiger partial charge in [0.05, 0.1) is 12.5 Å². The average Bonchev–Trinajstić information content (AvgIpc) is 3.32. The van der Waals surface area contributed by atoms with Gasteiger partial charge >= 0.3 is 0 Å². The largest absolute Gasteiger partial charge is 0.421 e. The quantitative estimate of drug-likeness (QED) is 0.804. The summed E-state index contributed by atoms with van der Waals surface area (Å²) in [5.41, 5.74) is 3.15. The van der Waals surface area contributed by atoms with Crippen LogP contribution in [0.25, 0.3) is 11.5 Å². The van der Waals surface area contributed by atoms with E-state index in [0.717, 1.165) is 36.1 Å². The van der Waals surface area contributed by atoms with Crippen molar-refractivity contribution in [2.24, 2.45) is 5.92 Å². The Kier molecular flexibility index (Phi) is 4.36. The zero-order valence-corrected chi connectivity index (χ0v) is 14.0. The van der Waals surface area contributed by atoms with Crippen molar-refractivity contribution < 1.29 is 9.15 Å². The highest BCUT2D eigenvalue weighted by Crippen LogP contribution is 2.28. The van der Waals surface area contributed by atoms with Gasteiger partial charge in [-0.1, -0.05) is 11.8 Å². The lowest BCUT2D eigenvalue weighted by molar-refractivity contribution is 0.0132. The summed E-state index contributed by atoms with van der Waals surface area (Å²) in [6.45, 7) is 2.90. The van der Waals surface area contributed by atoms with Crippen molar-refractivity contribution in [1.82, 2.24) is 10.2 Å². The van der Waals surface area contributed by atoms with Crippen molar-refractivity contribution in [2.45, 2.75) is 51.6 Å². The van der Waals surface area contributed by atoms with Crippen LogP contribution in [0.1, 0.15) is 49.1 Å². The normalized spacial score (nSPS) is 20.5. The molecule has 0 amide bonds. The summed E-state index contributed by atoms with van der Waals surface area (Å²) in [7, 11) is 0. The highest BCUT2D eigenvalue weighted by molar-refractivity contribution is 5.60. The fourth-order valence-electron chi connectivity index (χ4n) is 3.00. The van der Waals surface area contributed by atoms with Gasteiger partial charge in [-0.25, -0.2) is 0 Å². The van der Waals surface area contributed by atoms with Gasteiger partial charge < -0.3 is 9.15 Å². The van der Waals surface area contributed by atoms with E-state index in [1.807, 2.05) is 12.1 Å². The van der Waals surface area contributed by atoms with E-state index in [1.54, 1.807) is 0 Å². The van der Waals surface area contributed by atoms with Crippen molar-refractivity contribution >= 4 is 0 Å². The molecule has 1 aromatic heterocycles. The maximum atomic E-state index is 5.86. The van der Waals surface area contributed by atoms with Crippen molar-refractivity contribution in [1.29, 1.82) is 0 Å². The van der Waals surface area contributed by atoms with Crippen LogP contribution in [-0.2, 0) is 11.2 Å². The standard InChI is InChI=1S/C20H22N2O2/c1-14-12-16(8-7-15-5-6-15)9-10-18(14)20-22-21-19(24-20)13-17-4-2-3-11-23-17/h9-10,12,15,17H,2-6,11,13H2,1H3. The van der Waals surface area contributed by atoms with E-state index in [9.17, 15) is 0 Å². The van der Waals surface area contributed by atoms with Crippen molar-refractivity contribution in [3.63, 3.8) is 0 Å². The highest BCUT2D eigenvalue weighted by atomic mass is 16.5. The van der Waals surface area contributed by atoms with Gasteiger partial charge in [-0.2, -0.15) is 0 Å². The molecule has 1 unspecified atom stereocenters. The van der Waals surface area contributed by atoms with Crippen molar-refractivity contribution in [3.05, 3.63) is 35.2 Å². The van der Waals surface area contributed by atoms with Crippen LogP contribution in [-0.4, -0.2) is 22.9 Å². The van der Waals surface area contributed by atoms with Gasteiger partial charge in [0.2, 0.25) is 11.8 Å². The molecule has 2 heterocycles. The first-order chi connectivity index (χ1) is 11.8. The number of aryl methyl sites for hydroxylation is 1. The lowest BCUT2D eigenvalue weighted by Crippen LogP contribution is -2.21. The molecule has 1 aliphatic carbocycles. The Morgan fingerprint density at radius 3 is 2.83 bits per heavy atom. The van der Waals surface area contributed by atoms with Crippen LogP contribution in [0, 0.1) is 24.7 Å². The number of aromatic nitrogens is 2. The molecule has 0 bridgehead atoms. The minimum atomic E-state index is 0.216. The Morgan fingerprint density at radius 1 is 1.17 bits per heavy atom. The molecule has 4 nitrogen and oxygen atoms in total. The third-order valence-corrected chi connectivity index (χ3v) is 4.60. The van der Waals surface area contributed by atoms with Crippen LogP contribution in [0.15, 0.2) is 22.6 Å². The first-order valence-electron chi connectivity index (χ1n) is 8.84. The zero-order chi connectivity index (χ0) is 16.4. The Labute approximate surface area is 142 Å². The fraction of sp³-hybridized carbons (Fsp3) is 0.500. The van der Waals surface area contributed by atoms with E-state index < -0.39 is 0 Å². The van der Waals surface area contributed by atoms with Crippen LogP contribution in [0.2, 0.25) is 0 Å². The minimum absolute atomic E-state index is 0.216. The Hall–Kier alpha value is -2.12. The van der Waals surface area contributed by atoms with Crippen molar-refractivity contribution in [3.8, 4) is 23.3 Å². The molecular formula is C20H22N2O2. The maximum Gasteiger partial charge on any atom is 0.248 e. The topological polar surface area (TPSA) is 48.2 Å². The monoisotopic (exact) mass is 322 g/mol. The molecule has 1 saturated carbocycles.